The summed E-state index contributed by atoms with van der Waals surface area (Å²) in [6.45, 7) is 5.16. The third-order valence-electron chi connectivity index (χ3n) is 3.86. The zero-order valence-electron chi connectivity index (χ0n) is 12.9. The van der Waals surface area contributed by atoms with Gasteiger partial charge in [0.05, 0.1) is 6.54 Å². The minimum absolute atomic E-state index is 0.155. The summed E-state index contributed by atoms with van der Waals surface area (Å²) >= 11 is 0. The van der Waals surface area contributed by atoms with Crippen LogP contribution in [0.5, 0.6) is 0 Å². The average Bonchev–Trinajstić information content (AvgIpc) is 2.67. The van der Waals surface area contributed by atoms with Crippen molar-refractivity contribution in [2.24, 2.45) is 0 Å². The van der Waals surface area contributed by atoms with Crippen LogP contribution in [0.25, 0.3) is 0 Å². The van der Waals surface area contributed by atoms with Crippen molar-refractivity contribution in [3.63, 3.8) is 0 Å². The number of likely N-dealkylation sites (N-methyl/N-ethyl adjacent to an activating group) is 1. The molecule has 4 nitrogen and oxygen atoms in total. The molecule has 0 aromatic heterocycles. The second-order valence-corrected chi connectivity index (χ2v) is 5.82. The van der Waals surface area contributed by atoms with Gasteiger partial charge in [-0.15, -0.1) is 0 Å². The minimum atomic E-state index is -0.192. The average molecular weight is 293 g/mol. The molecule has 1 aliphatic rings. The normalized spacial score (nSPS) is 17.5. The first kappa shape index (κ1) is 15.9. The van der Waals surface area contributed by atoms with Crippen molar-refractivity contribution in [2.75, 3.05) is 46.8 Å². The van der Waals surface area contributed by atoms with Crippen molar-refractivity contribution in [2.45, 2.75) is 13.0 Å². The number of nitrogens with zero attached hydrogens (tertiary/aromatic N) is 3. The number of rotatable bonds is 4. The lowest BCUT2D eigenvalue weighted by molar-refractivity contribution is -0.129. The molecule has 1 aromatic rings. The highest BCUT2D eigenvalue weighted by atomic mass is 19.1. The minimum Gasteiger partial charge on any atom is -0.348 e. The molecule has 1 aromatic carbocycles. The van der Waals surface area contributed by atoms with Crippen LogP contribution in [0.2, 0.25) is 0 Å². The smallest absolute Gasteiger partial charge is 0.236 e. The Labute approximate surface area is 126 Å². The molecule has 0 aliphatic carbocycles. The van der Waals surface area contributed by atoms with E-state index in [0.29, 0.717) is 6.54 Å². The maximum absolute atomic E-state index is 12.9. The SMILES string of the molecule is CN(C)C(=O)CN1CCCN(Cc2ccc(F)cc2)CC1. The zero-order valence-corrected chi connectivity index (χ0v) is 12.9. The molecule has 2 rings (SSSR count). The van der Waals surface area contributed by atoms with E-state index in [4.69, 9.17) is 0 Å². The van der Waals surface area contributed by atoms with Gasteiger partial charge in [-0.2, -0.15) is 0 Å². The topological polar surface area (TPSA) is 26.8 Å². The summed E-state index contributed by atoms with van der Waals surface area (Å²) in [6.07, 6.45) is 1.06. The Kier molecular flexibility index (Phi) is 5.70. The monoisotopic (exact) mass is 293 g/mol. The fraction of sp³-hybridized carbons (Fsp3) is 0.562. The van der Waals surface area contributed by atoms with E-state index < -0.39 is 0 Å². The van der Waals surface area contributed by atoms with Crippen molar-refractivity contribution in [3.8, 4) is 0 Å². The van der Waals surface area contributed by atoms with Crippen molar-refractivity contribution >= 4 is 5.91 Å². The maximum Gasteiger partial charge on any atom is 0.236 e. The van der Waals surface area contributed by atoms with Crippen LogP contribution >= 0.6 is 0 Å². The Balaban J connectivity index is 1.83. The number of benzene rings is 1. The van der Waals surface area contributed by atoms with Crippen LogP contribution in [0.1, 0.15) is 12.0 Å². The molecule has 1 amide bonds. The third kappa shape index (κ3) is 5.10. The molecule has 21 heavy (non-hydrogen) atoms. The molecule has 5 heteroatoms. The van der Waals surface area contributed by atoms with Crippen molar-refractivity contribution in [1.82, 2.24) is 14.7 Å². The summed E-state index contributed by atoms with van der Waals surface area (Å²) in [4.78, 5) is 18.0. The Bertz CT molecular complexity index is 461. The first-order valence-corrected chi connectivity index (χ1v) is 7.44. The molecule has 116 valence electrons. The van der Waals surface area contributed by atoms with Gasteiger partial charge in [0.15, 0.2) is 0 Å². The van der Waals surface area contributed by atoms with Gasteiger partial charge in [-0.25, -0.2) is 4.39 Å². The quantitative estimate of drug-likeness (QED) is 0.840. The van der Waals surface area contributed by atoms with Crippen LogP contribution in [0, 0.1) is 5.82 Å². The summed E-state index contributed by atoms with van der Waals surface area (Å²) in [6, 6.07) is 6.70. The molecule has 0 atom stereocenters. The van der Waals surface area contributed by atoms with Crippen molar-refractivity contribution in [3.05, 3.63) is 35.6 Å². The predicted octanol–water partition coefficient (Wildman–Crippen LogP) is 1.42. The lowest BCUT2D eigenvalue weighted by atomic mass is 10.2. The highest BCUT2D eigenvalue weighted by molar-refractivity contribution is 5.77. The van der Waals surface area contributed by atoms with Gasteiger partial charge < -0.3 is 4.90 Å². The number of hydrogen-bond donors (Lipinski definition) is 0. The Morgan fingerprint density at radius 1 is 1.10 bits per heavy atom. The Hall–Kier alpha value is -1.46. The third-order valence-corrected chi connectivity index (χ3v) is 3.86. The highest BCUT2D eigenvalue weighted by Gasteiger charge is 2.17. The molecule has 1 heterocycles. The van der Waals surface area contributed by atoms with Gasteiger partial charge in [0.1, 0.15) is 5.82 Å². The lowest BCUT2D eigenvalue weighted by Gasteiger charge is -2.22. The fourth-order valence-electron chi connectivity index (χ4n) is 2.52. The van der Waals surface area contributed by atoms with Crippen LogP contribution < -0.4 is 0 Å². The number of hydrogen-bond acceptors (Lipinski definition) is 3. The van der Waals surface area contributed by atoms with Crippen molar-refractivity contribution in [1.29, 1.82) is 0 Å². The standard InChI is InChI=1S/C16H24FN3O/c1-18(2)16(21)13-20-9-3-8-19(10-11-20)12-14-4-6-15(17)7-5-14/h4-7H,3,8-13H2,1-2H3. The van der Waals surface area contributed by atoms with E-state index in [1.54, 1.807) is 19.0 Å². The molecule has 0 N–H and O–H groups in total. The molecule has 1 fully saturated rings. The summed E-state index contributed by atoms with van der Waals surface area (Å²) in [7, 11) is 3.59. The van der Waals surface area contributed by atoms with Crippen molar-refractivity contribution < 1.29 is 9.18 Å². The maximum atomic E-state index is 12.9. The molecular formula is C16H24FN3O. The van der Waals surface area contributed by atoms with Gasteiger partial charge in [-0.05, 0) is 37.2 Å². The van der Waals surface area contributed by atoms with E-state index >= 15 is 0 Å². The van der Waals surface area contributed by atoms with E-state index in [2.05, 4.69) is 9.80 Å². The zero-order chi connectivity index (χ0) is 15.2. The number of carbonyl (C=O) groups is 1. The van der Waals surface area contributed by atoms with E-state index in [1.807, 2.05) is 12.1 Å². The van der Waals surface area contributed by atoms with Crippen LogP contribution in [0.3, 0.4) is 0 Å². The lowest BCUT2D eigenvalue weighted by Crippen LogP contribution is -2.38. The molecule has 0 saturated carbocycles. The van der Waals surface area contributed by atoms with Crippen LogP contribution in [-0.4, -0.2) is 67.4 Å². The van der Waals surface area contributed by atoms with Gasteiger partial charge in [0.25, 0.3) is 0 Å². The highest BCUT2D eigenvalue weighted by Crippen LogP contribution is 2.10. The number of carbonyl (C=O) groups excluding carboxylic acids is 1. The van der Waals surface area contributed by atoms with Gasteiger partial charge in [-0.1, -0.05) is 12.1 Å². The van der Waals surface area contributed by atoms with E-state index in [9.17, 15) is 9.18 Å². The summed E-state index contributed by atoms with van der Waals surface area (Å²) in [5.41, 5.74) is 1.13. The molecule has 1 aliphatic heterocycles. The first-order valence-electron chi connectivity index (χ1n) is 7.44. The molecule has 0 bridgehead atoms. The molecule has 0 spiro atoms. The Morgan fingerprint density at radius 3 is 2.38 bits per heavy atom. The van der Waals surface area contributed by atoms with Gasteiger partial charge in [0, 0.05) is 33.7 Å². The molecule has 0 unspecified atom stereocenters. The van der Waals surface area contributed by atoms with Crippen LogP contribution in [-0.2, 0) is 11.3 Å². The van der Waals surface area contributed by atoms with E-state index in [0.717, 1.165) is 44.7 Å². The Morgan fingerprint density at radius 2 is 1.71 bits per heavy atom. The van der Waals surface area contributed by atoms with Gasteiger partial charge in [-0.3, -0.25) is 14.6 Å². The molecular weight excluding hydrogens is 269 g/mol. The number of amides is 1. The second kappa shape index (κ2) is 7.52. The van der Waals surface area contributed by atoms with E-state index in [-0.39, 0.29) is 11.7 Å². The molecule has 1 saturated heterocycles. The first-order chi connectivity index (χ1) is 10.0. The predicted molar refractivity (Wildman–Crippen MR) is 81.4 cm³/mol. The summed E-state index contributed by atoms with van der Waals surface area (Å²) < 4.78 is 12.9. The van der Waals surface area contributed by atoms with Gasteiger partial charge >= 0.3 is 0 Å². The van der Waals surface area contributed by atoms with Crippen LogP contribution in [0.15, 0.2) is 24.3 Å². The fourth-order valence-corrected chi connectivity index (χ4v) is 2.52. The number of halogens is 1. The van der Waals surface area contributed by atoms with Crippen LogP contribution in [0.4, 0.5) is 4.39 Å². The molecule has 0 radical (unpaired) electrons. The van der Waals surface area contributed by atoms with E-state index in [1.165, 1.54) is 12.1 Å². The second-order valence-electron chi connectivity index (χ2n) is 5.82. The summed E-state index contributed by atoms with van der Waals surface area (Å²) in [5.74, 6) is -0.0371. The summed E-state index contributed by atoms with van der Waals surface area (Å²) in [5, 5.41) is 0. The van der Waals surface area contributed by atoms with Gasteiger partial charge in [0.2, 0.25) is 5.91 Å². The largest absolute Gasteiger partial charge is 0.348 e.